The number of nitrogens with one attached hydrogen (secondary N) is 1. The second-order valence-corrected chi connectivity index (χ2v) is 6.16. The van der Waals surface area contributed by atoms with Crippen LogP contribution in [-0.4, -0.2) is 6.61 Å². The van der Waals surface area contributed by atoms with E-state index in [0.717, 1.165) is 15.0 Å². The van der Waals surface area contributed by atoms with E-state index in [1.54, 1.807) is 6.26 Å². The smallest absolute Gasteiger partial charge is 0.128 e. The molecule has 0 radical (unpaired) electrons. The van der Waals surface area contributed by atoms with Crippen molar-refractivity contribution >= 4 is 22.9 Å². The second-order valence-electron chi connectivity index (χ2n) is 4.41. The van der Waals surface area contributed by atoms with Crippen molar-refractivity contribution in [3.63, 3.8) is 0 Å². The molecule has 3 nitrogen and oxygen atoms in total. The van der Waals surface area contributed by atoms with Crippen molar-refractivity contribution < 1.29 is 9.25 Å². The summed E-state index contributed by atoms with van der Waals surface area (Å²) in [5, 5.41) is 0. The first-order chi connectivity index (χ1) is 8.66. The van der Waals surface area contributed by atoms with Crippen LogP contribution in [0.4, 0.5) is 0 Å². The van der Waals surface area contributed by atoms with Crippen molar-refractivity contribution in [2.45, 2.75) is 19.9 Å². The Labute approximate surface area is 116 Å². The molecule has 1 unspecified atom stereocenters. The molecule has 2 aromatic heterocycles. The fraction of sp³-hybridized carbons (Fsp3) is 0.385. The minimum absolute atomic E-state index is 0.115. The van der Waals surface area contributed by atoms with Gasteiger partial charge in [0.2, 0.25) is 0 Å². The number of furan rings is 1. The minimum atomic E-state index is -0.115. The minimum Gasteiger partial charge on any atom is -0.467 e. The Kier molecular flexibility index (Phi) is 4.83. The molecule has 2 heterocycles. The number of hydrogen-bond donors (Lipinski definition) is 1. The molecule has 0 amide bonds. The summed E-state index contributed by atoms with van der Waals surface area (Å²) in [5.41, 5.74) is 3.04. The molecule has 0 fully saturated rings. The summed E-state index contributed by atoms with van der Waals surface area (Å²) in [7, 11) is 0. The van der Waals surface area contributed by atoms with Crippen LogP contribution in [0.25, 0.3) is 0 Å². The number of halogens is 1. The summed E-state index contributed by atoms with van der Waals surface area (Å²) in [4.78, 5) is 6.57. The van der Waals surface area contributed by atoms with Gasteiger partial charge in [0.05, 0.1) is 17.2 Å². The zero-order valence-electron chi connectivity index (χ0n) is 10.4. The quantitative estimate of drug-likeness (QED) is 0.805. The van der Waals surface area contributed by atoms with Gasteiger partial charge in [-0.1, -0.05) is 25.4 Å². The van der Waals surface area contributed by atoms with Gasteiger partial charge in [0.15, 0.2) is 0 Å². The summed E-state index contributed by atoms with van der Waals surface area (Å²) in [5.74, 6) is 1.29. The van der Waals surface area contributed by atoms with Gasteiger partial charge >= 0.3 is 0 Å². The molecule has 0 aliphatic carbocycles. The first kappa shape index (κ1) is 13.6. The number of rotatable bonds is 6. The molecule has 0 aliphatic heterocycles. The van der Waals surface area contributed by atoms with E-state index >= 15 is 0 Å². The van der Waals surface area contributed by atoms with Crippen LogP contribution in [0.15, 0.2) is 34.9 Å². The summed E-state index contributed by atoms with van der Waals surface area (Å²) < 4.78 is 6.19. The number of hydrogen-bond acceptors (Lipinski definition) is 4. The lowest BCUT2D eigenvalue weighted by Crippen LogP contribution is -2.23. The van der Waals surface area contributed by atoms with E-state index in [9.17, 15) is 0 Å². The molecular formula is C13H16ClNO2S. The highest BCUT2D eigenvalue weighted by atomic mass is 35.5. The second kappa shape index (κ2) is 6.38. The maximum atomic E-state index is 5.97. The van der Waals surface area contributed by atoms with E-state index in [0.29, 0.717) is 12.5 Å². The Hall–Kier alpha value is -0.810. The van der Waals surface area contributed by atoms with Crippen molar-refractivity contribution in [1.29, 1.82) is 0 Å². The SMILES string of the molecule is CC(C)CONC(c1ccco1)c1ccc(Cl)s1. The number of hydroxylamine groups is 1. The number of thiophene rings is 1. The zero-order chi connectivity index (χ0) is 13.0. The van der Waals surface area contributed by atoms with Gasteiger partial charge in [-0.25, -0.2) is 0 Å². The Balaban J connectivity index is 2.09. The van der Waals surface area contributed by atoms with Crippen molar-refractivity contribution in [3.05, 3.63) is 45.5 Å². The maximum Gasteiger partial charge on any atom is 0.128 e. The molecule has 2 rings (SSSR count). The molecule has 98 valence electrons. The van der Waals surface area contributed by atoms with Gasteiger partial charge in [-0.15, -0.1) is 11.3 Å². The highest BCUT2D eigenvalue weighted by Gasteiger charge is 2.19. The fourth-order valence-corrected chi connectivity index (χ4v) is 2.60. The summed E-state index contributed by atoms with van der Waals surface area (Å²) in [6, 6.07) is 7.52. The maximum absolute atomic E-state index is 5.97. The molecule has 18 heavy (non-hydrogen) atoms. The first-order valence-electron chi connectivity index (χ1n) is 5.82. The highest BCUT2D eigenvalue weighted by molar-refractivity contribution is 7.16. The van der Waals surface area contributed by atoms with Crippen molar-refractivity contribution in [2.24, 2.45) is 5.92 Å². The highest BCUT2D eigenvalue weighted by Crippen LogP contribution is 2.31. The molecule has 0 saturated heterocycles. The molecule has 5 heteroatoms. The third kappa shape index (κ3) is 3.59. The van der Waals surface area contributed by atoms with E-state index in [1.807, 2.05) is 24.3 Å². The van der Waals surface area contributed by atoms with E-state index in [2.05, 4.69) is 19.3 Å². The van der Waals surface area contributed by atoms with Gasteiger partial charge in [0.1, 0.15) is 11.8 Å². The Morgan fingerprint density at radius 2 is 2.22 bits per heavy atom. The van der Waals surface area contributed by atoms with Crippen molar-refractivity contribution in [1.82, 2.24) is 5.48 Å². The Morgan fingerprint density at radius 1 is 1.39 bits per heavy atom. The monoisotopic (exact) mass is 285 g/mol. The Morgan fingerprint density at radius 3 is 2.78 bits per heavy atom. The molecule has 0 bridgehead atoms. The van der Waals surface area contributed by atoms with Gasteiger partial charge in [-0.2, -0.15) is 5.48 Å². The molecule has 0 saturated carbocycles. The van der Waals surface area contributed by atoms with Gasteiger partial charge < -0.3 is 9.25 Å². The van der Waals surface area contributed by atoms with Crippen molar-refractivity contribution in [2.75, 3.05) is 6.61 Å². The van der Waals surface area contributed by atoms with Gasteiger partial charge in [-0.05, 0) is 30.2 Å². The molecule has 0 spiro atoms. The van der Waals surface area contributed by atoms with Crippen LogP contribution in [0, 0.1) is 5.92 Å². The zero-order valence-corrected chi connectivity index (χ0v) is 11.9. The summed E-state index contributed by atoms with van der Waals surface area (Å²) in [6.45, 7) is 4.85. The lowest BCUT2D eigenvalue weighted by atomic mass is 10.2. The molecule has 0 aromatic carbocycles. The lowest BCUT2D eigenvalue weighted by molar-refractivity contribution is 0.00523. The molecular weight excluding hydrogens is 270 g/mol. The van der Waals surface area contributed by atoms with Crippen LogP contribution < -0.4 is 5.48 Å². The van der Waals surface area contributed by atoms with Gasteiger partial charge in [0, 0.05) is 4.88 Å². The van der Waals surface area contributed by atoms with E-state index < -0.39 is 0 Å². The van der Waals surface area contributed by atoms with Crippen LogP contribution in [0.1, 0.15) is 30.5 Å². The van der Waals surface area contributed by atoms with E-state index in [4.69, 9.17) is 20.9 Å². The largest absolute Gasteiger partial charge is 0.467 e. The average Bonchev–Trinajstić information content (AvgIpc) is 2.95. The standard InChI is InChI=1S/C13H16ClNO2S/c1-9(2)8-17-15-13(10-4-3-7-16-10)11-5-6-12(14)18-11/h3-7,9,13,15H,8H2,1-2H3. The normalized spacial score (nSPS) is 13.1. The summed E-state index contributed by atoms with van der Waals surface area (Å²) in [6.07, 6.45) is 1.65. The predicted molar refractivity (Wildman–Crippen MR) is 73.8 cm³/mol. The Bertz CT molecular complexity index is 467. The van der Waals surface area contributed by atoms with E-state index in [1.165, 1.54) is 11.3 Å². The lowest BCUT2D eigenvalue weighted by Gasteiger charge is -2.16. The van der Waals surface area contributed by atoms with Crippen LogP contribution in [0.5, 0.6) is 0 Å². The summed E-state index contributed by atoms with van der Waals surface area (Å²) >= 11 is 7.49. The van der Waals surface area contributed by atoms with Crippen LogP contribution in [-0.2, 0) is 4.84 Å². The molecule has 1 atom stereocenters. The predicted octanol–water partition coefficient (Wildman–Crippen LogP) is 4.26. The average molecular weight is 286 g/mol. The topological polar surface area (TPSA) is 34.4 Å². The van der Waals surface area contributed by atoms with Crippen LogP contribution in [0.3, 0.4) is 0 Å². The van der Waals surface area contributed by atoms with Crippen molar-refractivity contribution in [3.8, 4) is 0 Å². The fourth-order valence-electron chi connectivity index (χ4n) is 1.49. The molecule has 0 aliphatic rings. The van der Waals surface area contributed by atoms with Crippen LogP contribution >= 0.6 is 22.9 Å². The van der Waals surface area contributed by atoms with Gasteiger partial charge in [-0.3, -0.25) is 0 Å². The van der Waals surface area contributed by atoms with E-state index in [-0.39, 0.29) is 6.04 Å². The molecule has 2 aromatic rings. The third-order valence-electron chi connectivity index (χ3n) is 2.32. The van der Waals surface area contributed by atoms with Crippen LogP contribution in [0.2, 0.25) is 4.34 Å². The molecule has 1 N–H and O–H groups in total. The first-order valence-corrected chi connectivity index (χ1v) is 7.02. The van der Waals surface area contributed by atoms with Gasteiger partial charge in [0.25, 0.3) is 0 Å². The third-order valence-corrected chi connectivity index (χ3v) is 3.62.